The Kier molecular flexibility index (Phi) is 3.47. The summed E-state index contributed by atoms with van der Waals surface area (Å²) in [6.45, 7) is 4.18. The number of nitrogens with zero attached hydrogens (tertiary/aromatic N) is 2. The molecule has 1 heterocycles. The van der Waals surface area contributed by atoms with Gasteiger partial charge >= 0.3 is 0 Å². The van der Waals surface area contributed by atoms with Gasteiger partial charge in [0.1, 0.15) is 0 Å². The van der Waals surface area contributed by atoms with Crippen LogP contribution < -0.4 is 0 Å². The van der Waals surface area contributed by atoms with E-state index >= 15 is 0 Å². The molecule has 3 nitrogen and oxygen atoms in total. The van der Waals surface area contributed by atoms with Crippen molar-refractivity contribution in [3.8, 4) is 11.6 Å². The molecule has 0 aliphatic carbocycles. The summed E-state index contributed by atoms with van der Waals surface area (Å²) in [7, 11) is 0. The zero-order valence-corrected chi connectivity index (χ0v) is 10.3. The van der Waals surface area contributed by atoms with E-state index in [1.807, 2.05) is 31.2 Å². The van der Waals surface area contributed by atoms with E-state index in [0.717, 1.165) is 30.5 Å². The lowest BCUT2D eigenvalue weighted by molar-refractivity contribution is 0.427. The largest absolute Gasteiger partial charge is 0.493 e. The van der Waals surface area contributed by atoms with Crippen molar-refractivity contribution in [2.24, 2.45) is 0 Å². The SMILES string of the molecule is CCCCc1cnn(-c2ccc(C)cc2)c1O. The van der Waals surface area contributed by atoms with Crippen molar-refractivity contribution in [2.45, 2.75) is 33.1 Å². The van der Waals surface area contributed by atoms with Crippen LogP contribution in [0.25, 0.3) is 5.69 Å². The number of hydrogen-bond acceptors (Lipinski definition) is 2. The van der Waals surface area contributed by atoms with Crippen molar-refractivity contribution in [3.05, 3.63) is 41.6 Å². The quantitative estimate of drug-likeness (QED) is 0.875. The minimum absolute atomic E-state index is 0.266. The number of rotatable bonds is 4. The molecule has 0 fully saturated rings. The minimum atomic E-state index is 0.266. The van der Waals surface area contributed by atoms with Crippen molar-refractivity contribution < 1.29 is 5.11 Å². The molecule has 0 saturated heterocycles. The summed E-state index contributed by atoms with van der Waals surface area (Å²) >= 11 is 0. The van der Waals surface area contributed by atoms with Gasteiger partial charge in [-0.2, -0.15) is 5.10 Å². The molecule has 0 spiro atoms. The van der Waals surface area contributed by atoms with Crippen LogP contribution in [0.2, 0.25) is 0 Å². The highest BCUT2D eigenvalue weighted by Gasteiger charge is 2.09. The summed E-state index contributed by atoms with van der Waals surface area (Å²) in [4.78, 5) is 0. The molecule has 0 unspecified atom stereocenters. The van der Waals surface area contributed by atoms with Crippen molar-refractivity contribution in [1.29, 1.82) is 0 Å². The maximum atomic E-state index is 10.1. The summed E-state index contributed by atoms with van der Waals surface area (Å²) in [5, 5.41) is 14.3. The summed E-state index contributed by atoms with van der Waals surface area (Å²) < 4.78 is 1.59. The van der Waals surface area contributed by atoms with Crippen LogP contribution in [0.5, 0.6) is 5.88 Å². The van der Waals surface area contributed by atoms with E-state index in [9.17, 15) is 5.11 Å². The Morgan fingerprint density at radius 2 is 1.94 bits per heavy atom. The molecule has 0 atom stereocenters. The maximum absolute atomic E-state index is 10.1. The second kappa shape index (κ2) is 5.04. The molecule has 0 amide bonds. The normalized spacial score (nSPS) is 10.7. The van der Waals surface area contributed by atoms with Gasteiger partial charge in [0.15, 0.2) is 0 Å². The average molecular weight is 230 g/mol. The van der Waals surface area contributed by atoms with Gasteiger partial charge in [-0.05, 0) is 31.9 Å². The minimum Gasteiger partial charge on any atom is -0.493 e. The molecule has 2 rings (SSSR count). The molecule has 0 aliphatic rings. The second-order valence-corrected chi connectivity index (χ2v) is 4.34. The predicted molar refractivity (Wildman–Crippen MR) is 68.6 cm³/mol. The van der Waals surface area contributed by atoms with Crippen LogP contribution >= 0.6 is 0 Å². The molecule has 0 bridgehead atoms. The van der Waals surface area contributed by atoms with Gasteiger partial charge in [0.25, 0.3) is 0 Å². The lowest BCUT2D eigenvalue weighted by atomic mass is 10.1. The number of aromatic nitrogens is 2. The van der Waals surface area contributed by atoms with Crippen LogP contribution in [0.4, 0.5) is 0 Å². The summed E-state index contributed by atoms with van der Waals surface area (Å²) in [6.07, 6.45) is 4.83. The van der Waals surface area contributed by atoms with Crippen LogP contribution in [0.3, 0.4) is 0 Å². The van der Waals surface area contributed by atoms with Crippen molar-refractivity contribution in [1.82, 2.24) is 9.78 Å². The van der Waals surface area contributed by atoms with Gasteiger partial charge in [0.2, 0.25) is 5.88 Å². The van der Waals surface area contributed by atoms with Crippen LogP contribution in [0, 0.1) is 6.92 Å². The Balaban J connectivity index is 2.27. The molecule has 1 aromatic heterocycles. The third-order valence-corrected chi connectivity index (χ3v) is 2.90. The summed E-state index contributed by atoms with van der Waals surface area (Å²) in [5.41, 5.74) is 3.02. The molecule has 0 aliphatic heterocycles. The van der Waals surface area contributed by atoms with E-state index in [2.05, 4.69) is 12.0 Å². The van der Waals surface area contributed by atoms with E-state index in [1.165, 1.54) is 5.56 Å². The van der Waals surface area contributed by atoms with Gasteiger partial charge in [-0.25, -0.2) is 4.68 Å². The fourth-order valence-corrected chi connectivity index (χ4v) is 1.79. The summed E-state index contributed by atoms with van der Waals surface area (Å²) in [6, 6.07) is 7.96. The van der Waals surface area contributed by atoms with Gasteiger partial charge < -0.3 is 5.11 Å². The Labute approximate surface area is 102 Å². The second-order valence-electron chi connectivity index (χ2n) is 4.34. The van der Waals surface area contributed by atoms with Crippen molar-refractivity contribution >= 4 is 0 Å². The molecule has 1 N–H and O–H groups in total. The number of hydrogen-bond donors (Lipinski definition) is 1. The highest BCUT2D eigenvalue weighted by Crippen LogP contribution is 2.22. The maximum Gasteiger partial charge on any atom is 0.217 e. The van der Waals surface area contributed by atoms with Crippen LogP contribution in [-0.4, -0.2) is 14.9 Å². The Bertz CT molecular complexity index is 485. The van der Waals surface area contributed by atoms with Gasteiger partial charge in [0, 0.05) is 5.56 Å². The highest BCUT2D eigenvalue weighted by atomic mass is 16.3. The number of unbranched alkanes of at least 4 members (excludes halogenated alkanes) is 1. The van der Waals surface area contributed by atoms with Crippen LogP contribution in [0.1, 0.15) is 30.9 Å². The Morgan fingerprint density at radius 3 is 2.59 bits per heavy atom. The first kappa shape index (κ1) is 11.7. The first-order valence-electron chi connectivity index (χ1n) is 6.05. The lowest BCUT2D eigenvalue weighted by Gasteiger charge is -2.04. The first-order chi connectivity index (χ1) is 8.22. The summed E-state index contributed by atoms with van der Waals surface area (Å²) in [5.74, 6) is 0.266. The van der Waals surface area contributed by atoms with Gasteiger partial charge in [-0.3, -0.25) is 0 Å². The molecule has 0 radical (unpaired) electrons. The monoisotopic (exact) mass is 230 g/mol. The molecular weight excluding hydrogens is 212 g/mol. The Hall–Kier alpha value is -1.77. The van der Waals surface area contributed by atoms with E-state index in [4.69, 9.17) is 0 Å². The van der Waals surface area contributed by atoms with Gasteiger partial charge in [0.05, 0.1) is 11.9 Å². The fraction of sp³-hybridized carbons (Fsp3) is 0.357. The van der Waals surface area contributed by atoms with Gasteiger partial charge in [-0.15, -0.1) is 0 Å². The molecule has 90 valence electrons. The third kappa shape index (κ3) is 2.49. The Morgan fingerprint density at radius 1 is 1.24 bits per heavy atom. The van der Waals surface area contributed by atoms with E-state index < -0.39 is 0 Å². The molecule has 17 heavy (non-hydrogen) atoms. The van der Waals surface area contributed by atoms with Crippen molar-refractivity contribution in [3.63, 3.8) is 0 Å². The zero-order chi connectivity index (χ0) is 12.3. The standard InChI is InChI=1S/C14H18N2O/c1-3-4-5-12-10-15-16(14(12)17)13-8-6-11(2)7-9-13/h6-10,17H,3-5H2,1-2H3. The molecule has 3 heteroatoms. The molecular formula is C14H18N2O. The zero-order valence-electron chi connectivity index (χ0n) is 10.3. The van der Waals surface area contributed by atoms with Crippen LogP contribution in [-0.2, 0) is 6.42 Å². The smallest absolute Gasteiger partial charge is 0.217 e. The first-order valence-corrected chi connectivity index (χ1v) is 6.05. The number of aromatic hydroxyl groups is 1. The highest BCUT2D eigenvalue weighted by molar-refractivity contribution is 5.39. The van der Waals surface area contributed by atoms with E-state index in [-0.39, 0.29) is 5.88 Å². The third-order valence-electron chi connectivity index (χ3n) is 2.90. The average Bonchev–Trinajstić information content (AvgIpc) is 2.69. The lowest BCUT2D eigenvalue weighted by Crippen LogP contribution is -1.95. The fourth-order valence-electron chi connectivity index (χ4n) is 1.79. The topological polar surface area (TPSA) is 38.0 Å². The van der Waals surface area contributed by atoms with Gasteiger partial charge in [-0.1, -0.05) is 31.0 Å². The molecule has 1 aromatic carbocycles. The van der Waals surface area contributed by atoms with E-state index in [0.29, 0.717) is 0 Å². The van der Waals surface area contributed by atoms with Crippen molar-refractivity contribution in [2.75, 3.05) is 0 Å². The molecule has 0 saturated carbocycles. The van der Waals surface area contributed by atoms with E-state index in [1.54, 1.807) is 10.9 Å². The van der Waals surface area contributed by atoms with Crippen LogP contribution in [0.15, 0.2) is 30.5 Å². The predicted octanol–water partition coefficient (Wildman–Crippen LogP) is 3.23. The number of benzene rings is 1. The molecule has 2 aromatic rings. The number of aryl methyl sites for hydroxylation is 2.